The first kappa shape index (κ1) is 8.78. The van der Waals surface area contributed by atoms with Gasteiger partial charge in [-0.3, -0.25) is 0 Å². The maximum atomic E-state index is 10.5. The van der Waals surface area contributed by atoms with E-state index < -0.39 is 0 Å². The van der Waals surface area contributed by atoms with Crippen LogP contribution < -0.4 is 5.73 Å². The molecule has 0 aliphatic carbocycles. The van der Waals surface area contributed by atoms with Gasteiger partial charge in [-0.25, -0.2) is 0 Å². The van der Waals surface area contributed by atoms with Gasteiger partial charge < -0.3 is 10.5 Å². The van der Waals surface area contributed by atoms with Crippen LogP contribution in [0.15, 0.2) is 18.2 Å². The highest BCUT2D eigenvalue weighted by molar-refractivity contribution is 5.65. The van der Waals surface area contributed by atoms with Crippen LogP contribution in [0.25, 0.3) is 0 Å². The van der Waals surface area contributed by atoms with Crippen molar-refractivity contribution in [1.29, 1.82) is 0 Å². The first-order chi connectivity index (χ1) is 5.66. The van der Waals surface area contributed by atoms with Crippen molar-refractivity contribution in [3.63, 3.8) is 0 Å². The van der Waals surface area contributed by atoms with Crippen molar-refractivity contribution in [3.8, 4) is 0 Å². The Kier molecular flexibility index (Phi) is 2.48. The summed E-state index contributed by atoms with van der Waals surface area (Å²) in [5, 5.41) is 0. The van der Waals surface area contributed by atoms with Gasteiger partial charge in [-0.2, -0.15) is 0 Å². The molecule has 1 atom stereocenters. The maximum absolute atomic E-state index is 10.5. The molecule has 1 aromatic carbocycles. The molecule has 1 aromatic rings. The summed E-state index contributed by atoms with van der Waals surface area (Å²) in [6, 6.07) is 5.65. The van der Waals surface area contributed by atoms with E-state index in [1.807, 2.05) is 32.0 Å². The van der Waals surface area contributed by atoms with Crippen LogP contribution in [0.4, 0.5) is 5.69 Å². The predicted octanol–water partition coefficient (Wildman–Crippen LogP) is 1.88. The number of carbonyl (C=O) groups excluding carboxylic acids is 1. The van der Waals surface area contributed by atoms with Gasteiger partial charge in [-0.1, -0.05) is 19.1 Å². The number of benzene rings is 1. The topological polar surface area (TPSA) is 43.1 Å². The average molecular weight is 163 g/mol. The Labute approximate surface area is 72.4 Å². The van der Waals surface area contributed by atoms with Crippen molar-refractivity contribution in [2.45, 2.75) is 19.8 Å². The number of aldehydes is 1. The molecule has 1 rings (SSSR count). The van der Waals surface area contributed by atoms with Crippen LogP contribution in [0.5, 0.6) is 0 Å². The van der Waals surface area contributed by atoms with E-state index >= 15 is 0 Å². The predicted molar refractivity (Wildman–Crippen MR) is 50.1 cm³/mol. The Hall–Kier alpha value is -1.31. The zero-order chi connectivity index (χ0) is 9.14. The molecule has 0 aliphatic heterocycles. The lowest BCUT2D eigenvalue weighted by molar-refractivity contribution is -0.108. The molecular formula is C10H13NO. The molecule has 0 spiro atoms. The van der Waals surface area contributed by atoms with Gasteiger partial charge in [0.2, 0.25) is 0 Å². The molecule has 2 nitrogen and oxygen atoms in total. The molecule has 0 amide bonds. The van der Waals surface area contributed by atoms with Crippen LogP contribution in [0.2, 0.25) is 0 Å². The first-order valence-corrected chi connectivity index (χ1v) is 3.97. The molecule has 12 heavy (non-hydrogen) atoms. The number of nitrogens with two attached hydrogens (primary N) is 1. The van der Waals surface area contributed by atoms with Crippen molar-refractivity contribution in [2.75, 3.05) is 5.73 Å². The van der Waals surface area contributed by atoms with Crippen molar-refractivity contribution in [3.05, 3.63) is 29.3 Å². The highest BCUT2D eigenvalue weighted by Crippen LogP contribution is 2.21. The summed E-state index contributed by atoms with van der Waals surface area (Å²) in [5.41, 5.74) is 8.48. The van der Waals surface area contributed by atoms with Crippen LogP contribution in [-0.2, 0) is 4.79 Å². The van der Waals surface area contributed by atoms with Gasteiger partial charge in [0.05, 0.1) is 0 Å². The number of rotatable bonds is 2. The zero-order valence-electron chi connectivity index (χ0n) is 7.37. The van der Waals surface area contributed by atoms with E-state index in [2.05, 4.69) is 0 Å². The highest BCUT2D eigenvalue weighted by Gasteiger charge is 2.07. The SMILES string of the molecule is Cc1c(N)cccc1C(C)C=O. The van der Waals surface area contributed by atoms with Crippen molar-refractivity contribution in [2.24, 2.45) is 0 Å². The average Bonchev–Trinajstić information content (AvgIpc) is 2.08. The van der Waals surface area contributed by atoms with E-state index in [1.54, 1.807) is 0 Å². The second kappa shape index (κ2) is 3.39. The van der Waals surface area contributed by atoms with Crippen LogP contribution in [0.1, 0.15) is 24.0 Å². The lowest BCUT2D eigenvalue weighted by atomic mass is 9.97. The van der Waals surface area contributed by atoms with E-state index in [-0.39, 0.29) is 5.92 Å². The summed E-state index contributed by atoms with van der Waals surface area (Å²) < 4.78 is 0. The Bertz CT molecular complexity index is 294. The van der Waals surface area contributed by atoms with Crippen LogP contribution in [0, 0.1) is 6.92 Å². The van der Waals surface area contributed by atoms with Gasteiger partial charge in [0.25, 0.3) is 0 Å². The smallest absolute Gasteiger partial charge is 0.127 e. The highest BCUT2D eigenvalue weighted by atomic mass is 16.1. The van der Waals surface area contributed by atoms with Gasteiger partial charge in [-0.15, -0.1) is 0 Å². The van der Waals surface area contributed by atoms with Crippen molar-refractivity contribution < 1.29 is 4.79 Å². The number of anilines is 1. The minimum atomic E-state index is -0.0616. The summed E-state index contributed by atoms with van der Waals surface area (Å²) in [5.74, 6) is -0.0616. The largest absolute Gasteiger partial charge is 0.399 e. The fourth-order valence-electron chi connectivity index (χ4n) is 1.24. The van der Waals surface area contributed by atoms with Gasteiger partial charge >= 0.3 is 0 Å². The maximum Gasteiger partial charge on any atom is 0.127 e. The van der Waals surface area contributed by atoms with E-state index in [4.69, 9.17) is 5.73 Å². The summed E-state index contributed by atoms with van der Waals surface area (Å²) in [6.07, 6.45) is 0.932. The monoisotopic (exact) mass is 163 g/mol. The van der Waals surface area contributed by atoms with Gasteiger partial charge in [-0.05, 0) is 24.1 Å². The lowest BCUT2D eigenvalue weighted by Gasteiger charge is -2.09. The second-order valence-corrected chi connectivity index (χ2v) is 2.99. The summed E-state index contributed by atoms with van der Waals surface area (Å²) >= 11 is 0. The Morgan fingerprint density at radius 3 is 2.75 bits per heavy atom. The Balaban J connectivity index is 3.15. The molecule has 0 radical (unpaired) electrons. The van der Waals surface area contributed by atoms with Gasteiger partial charge in [0.15, 0.2) is 0 Å². The number of hydrogen-bond acceptors (Lipinski definition) is 2. The third kappa shape index (κ3) is 1.47. The minimum Gasteiger partial charge on any atom is -0.399 e. The molecule has 1 unspecified atom stereocenters. The van der Waals surface area contributed by atoms with Gasteiger partial charge in [0, 0.05) is 11.6 Å². The molecule has 2 N–H and O–H groups in total. The number of hydrogen-bond donors (Lipinski definition) is 1. The third-order valence-corrected chi connectivity index (χ3v) is 2.11. The van der Waals surface area contributed by atoms with Gasteiger partial charge in [0.1, 0.15) is 6.29 Å². The lowest BCUT2D eigenvalue weighted by Crippen LogP contribution is -2.00. The van der Waals surface area contributed by atoms with E-state index in [1.165, 1.54) is 0 Å². The fourth-order valence-corrected chi connectivity index (χ4v) is 1.24. The quantitative estimate of drug-likeness (QED) is 0.534. The van der Waals surface area contributed by atoms with Crippen LogP contribution in [-0.4, -0.2) is 6.29 Å². The molecule has 0 saturated carbocycles. The van der Waals surface area contributed by atoms with Crippen LogP contribution >= 0.6 is 0 Å². The molecular weight excluding hydrogens is 150 g/mol. The van der Waals surface area contributed by atoms with Crippen molar-refractivity contribution in [1.82, 2.24) is 0 Å². The second-order valence-electron chi connectivity index (χ2n) is 2.99. The fraction of sp³-hybridized carbons (Fsp3) is 0.300. The molecule has 0 heterocycles. The standard InChI is InChI=1S/C10H13NO/c1-7(6-12)9-4-3-5-10(11)8(9)2/h3-7H,11H2,1-2H3. The summed E-state index contributed by atoms with van der Waals surface area (Å²) in [7, 11) is 0. The van der Waals surface area contributed by atoms with Crippen LogP contribution in [0.3, 0.4) is 0 Å². The molecule has 0 aliphatic rings. The first-order valence-electron chi connectivity index (χ1n) is 3.97. The number of nitrogen functional groups attached to an aromatic ring is 1. The van der Waals surface area contributed by atoms with E-state index in [9.17, 15) is 4.79 Å². The molecule has 0 bridgehead atoms. The normalized spacial score (nSPS) is 12.5. The minimum absolute atomic E-state index is 0.0616. The Morgan fingerprint density at radius 2 is 2.17 bits per heavy atom. The van der Waals surface area contributed by atoms with E-state index in [0.717, 1.165) is 23.1 Å². The molecule has 2 heteroatoms. The molecule has 0 aromatic heterocycles. The van der Waals surface area contributed by atoms with E-state index in [0.29, 0.717) is 0 Å². The Morgan fingerprint density at radius 1 is 1.50 bits per heavy atom. The molecule has 0 saturated heterocycles. The summed E-state index contributed by atoms with van der Waals surface area (Å²) in [4.78, 5) is 10.5. The summed E-state index contributed by atoms with van der Waals surface area (Å²) in [6.45, 7) is 3.80. The number of carbonyl (C=O) groups is 1. The van der Waals surface area contributed by atoms with Crippen molar-refractivity contribution >= 4 is 12.0 Å². The zero-order valence-corrected chi connectivity index (χ0v) is 7.37. The molecule has 0 fully saturated rings. The molecule has 64 valence electrons. The third-order valence-electron chi connectivity index (χ3n) is 2.11.